The lowest BCUT2D eigenvalue weighted by molar-refractivity contribution is -0.140. The molecule has 1 saturated heterocycles. The van der Waals surface area contributed by atoms with E-state index >= 15 is 0 Å². The van der Waals surface area contributed by atoms with E-state index in [-0.39, 0.29) is 35.5 Å². The predicted octanol–water partition coefficient (Wildman–Crippen LogP) is 4.81. The van der Waals surface area contributed by atoms with Crippen molar-refractivity contribution in [1.82, 2.24) is 5.01 Å². The Balaban J connectivity index is 1.04. The van der Waals surface area contributed by atoms with E-state index in [9.17, 15) is 9.59 Å². The minimum absolute atomic E-state index is 0.133. The highest BCUT2D eigenvalue weighted by atomic mass is 16.5. The van der Waals surface area contributed by atoms with Crippen molar-refractivity contribution in [3.8, 4) is 5.75 Å². The fourth-order valence-corrected chi connectivity index (χ4v) is 6.41. The van der Waals surface area contributed by atoms with Gasteiger partial charge in [-0.1, -0.05) is 54.6 Å². The van der Waals surface area contributed by atoms with Crippen molar-refractivity contribution in [2.45, 2.75) is 13.0 Å². The topological polar surface area (TPSA) is 59.0 Å². The molecule has 0 N–H and O–H groups in total. The van der Waals surface area contributed by atoms with Crippen LogP contribution in [0.3, 0.4) is 0 Å². The standard InChI is InChI=1S/C29H24N2O3/c32-28-26-22-12-13-23(25-14-24(22)25)27(26)29(33)31(28)30-15-17-8-10-20(11-9-17)34-16-19-6-3-5-18-4-1-2-7-21(18)19/h1-13,15,22-27H,14,16H2. The summed E-state index contributed by atoms with van der Waals surface area (Å²) in [6.45, 7) is 0.479. The smallest absolute Gasteiger partial charge is 0.254 e. The fourth-order valence-electron chi connectivity index (χ4n) is 6.41. The van der Waals surface area contributed by atoms with Crippen LogP contribution in [0.25, 0.3) is 10.8 Å². The van der Waals surface area contributed by atoms with Crippen LogP contribution in [-0.2, 0) is 16.2 Å². The lowest BCUT2D eigenvalue weighted by Crippen LogP contribution is -2.40. The van der Waals surface area contributed by atoms with E-state index < -0.39 is 0 Å². The molecule has 6 atom stereocenters. The summed E-state index contributed by atoms with van der Waals surface area (Å²) in [5.74, 6) is 1.69. The van der Waals surface area contributed by atoms with Crippen molar-refractivity contribution in [1.29, 1.82) is 0 Å². The first-order valence-electron chi connectivity index (χ1n) is 12.0. The van der Waals surface area contributed by atoms with Crippen molar-refractivity contribution in [2.75, 3.05) is 0 Å². The van der Waals surface area contributed by atoms with E-state index in [1.54, 1.807) is 6.21 Å². The van der Waals surface area contributed by atoms with Gasteiger partial charge in [-0.3, -0.25) is 9.59 Å². The van der Waals surface area contributed by atoms with Crippen molar-refractivity contribution >= 4 is 28.8 Å². The van der Waals surface area contributed by atoms with Crippen LogP contribution in [0.4, 0.5) is 0 Å². The molecule has 6 unspecified atom stereocenters. The molecule has 0 aromatic heterocycles. The maximum atomic E-state index is 13.0. The van der Waals surface area contributed by atoms with Crippen LogP contribution in [0.15, 0.2) is 84.0 Å². The molecule has 34 heavy (non-hydrogen) atoms. The van der Waals surface area contributed by atoms with Crippen LogP contribution in [0.1, 0.15) is 17.5 Å². The Labute approximate surface area is 197 Å². The number of hydrazone groups is 1. The number of ether oxygens (including phenoxy) is 1. The van der Waals surface area contributed by atoms with Gasteiger partial charge in [0.1, 0.15) is 12.4 Å². The molecule has 5 heteroatoms. The second kappa shape index (κ2) is 7.39. The summed E-state index contributed by atoms with van der Waals surface area (Å²) in [4.78, 5) is 26.1. The molecule has 8 rings (SSSR count). The summed E-state index contributed by atoms with van der Waals surface area (Å²) >= 11 is 0. The second-order valence-electron chi connectivity index (χ2n) is 9.88. The molecule has 0 radical (unpaired) electrons. The van der Waals surface area contributed by atoms with Crippen LogP contribution >= 0.6 is 0 Å². The number of allylic oxidation sites excluding steroid dienone is 2. The Morgan fingerprint density at radius 2 is 1.53 bits per heavy atom. The normalized spacial score (nSPS) is 30.8. The summed E-state index contributed by atoms with van der Waals surface area (Å²) in [6, 6.07) is 22.1. The molecule has 1 heterocycles. The zero-order chi connectivity index (χ0) is 22.8. The average Bonchev–Trinajstić information content (AvgIpc) is 3.66. The van der Waals surface area contributed by atoms with E-state index in [0.717, 1.165) is 28.3 Å². The van der Waals surface area contributed by atoms with Gasteiger partial charge in [0.25, 0.3) is 11.8 Å². The summed E-state index contributed by atoms with van der Waals surface area (Å²) in [7, 11) is 0. The van der Waals surface area contributed by atoms with Crippen LogP contribution in [-0.4, -0.2) is 23.0 Å². The van der Waals surface area contributed by atoms with Gasteiger partial charge >= 0.3 is 0 Å². The molecule has 0 spiro atoms. The van der Waals surface area contributed by atoms with Crippen LogP contribution < -0.4 is 4.74 Å². The predicted molar refractivity (Wildman–Crippen MR) is 129 cm³/mol. The molecular formula is C29H24N2O3. The number of carbonyl (C=O) groups is 2. The number of amides is 2. The van der Waals surface area contributed by atoms with Crippen molar-refractivity contribution in [2.24, 2.45) is 40.6 Å². The maximum absolute atomic E-state index is 13.0. The van der Waals surface area contributed by atoms with Gasteiger partial charge in [-0.05, 0) is 76.3 Å². The molecule has 3 aromatic carbocycles. The highest BCUT2D eigenvalue weighted by molar-refractivity contribution is 6.06. The largest absolute Gasteiger partial charge is 0.489 e. The van der Waals surface area contributed by atoms with Gasteiger partial charge in [-0.2, -0.15) is 10.1 Å². The first kappa shape index (κ1) is 19.7. The SMILES string of the molecule is O=C1C2C3C=CC(C4CC34)C2C(=O)N1N=Cc1ccc(OCc2cccc3ccccc23)cc1. The molecule has 4 aliphatic carbocycles. The number of benzene rings is 3. The van der Waals surface area contributed by atoms with Gasteiger partial charge < -0.3 is 4.74 Å². The molecular weight excluding hydrogens is 424 g/mol. The summed E-state index contributed by atoms with van der Waals surface area (Å²) < 4.78 is 6.01. The molecule has 5 nitrogen and oxygen atoms in total. The number of hydrogen-bond donors (Lipinski definition) is 0. The third-order valence-corrected chi connectivity index (χ3v) is 8.12. The van der Waals surface area contributed by atoms with E-state index in [1.165, 1.54) is 10.8 Å². The first-order chi connectivity index (χ1) is 16.7. The first-order valence-corrected chi connectivity index (χ1v) is 12.0. The highest BCUT2D eigenvalue weighted by Gasteiger charge is 2.67. The zero-order valence-corrected chi connectivity index (χ0v) is 18.6. The molecule has 2 amide bonds. The Morgan fingerprint density at radius 3 is 2.26 bits per heavy atom. The van der Waals surface area contributed by atoms with Crippen molar-refractivity contribution < 1.29 is 14.3 Å². The fraction of sp³-hybridized carbons (Fsp3) is 0.276. The van der Waals surface area contributed by atoms with Crippen LogP contribution in [0.2, 0.25) is 0 Å². The van der Waals surface area contributed by atoms with Gasteiger partial charge in [0, 0.05) is 0 Å². The molecule has 5 aliphatic rings. The highest BCUT2D eigenvalue weighted by Crippen LogP contribution is 2.65. The quantitative estimate of drug-likeness (QED) is 0.320. The summed E-state index contributed by atoms with van der Waals surface area (Å²) in [5.41, 5.74) is 1.95. The van der Waals surface area contributed by atoms with E-state index in [0.29, 0.717) is 18.4 Å². The molecule has 1 aliphatic heterocycles. The van der Waals surface area contributed by atoms with E-state index in [2.05, 4.69) is 41.5 Å². The number of hydrogen-bond acceptors (Lipinski definition) is 4. The molecule has 2 bridgehead atoms. The maximum Gasteiger partial charge on any atom is 0.254 e. The number of fused-ring (bicyclic) bond motifs is 1. The van der Waals surface area contributed by atoms with Crippen molar-refractivity contribution in [3.05, 3.63) is 90.0 Å². The third-order valence-electron chi connectivity index (χ3n) is 8.12. The zero-order valence-electron chi connectivity index (χ0n) is 18.6. The molecule has 3 fully saturated rings. The Kier molecular flexibility index (Phi) is 4.28. The summed E-state index contributed by atoms with van der Waals surface area (Å²) in [5, 5.41) is 7.82. The van der Waals surface area contributed by atoms with Gasteiger partial charge in [-0.15, -0.1) is 0 Å². The Hall–Kier alpha value is -3.73. The lowest BCUT2D eigenvalue weighted by atomic mass is 9.63. The van der Waals surface area contributed by atoms with Gasteiger partial charge in [0.15, 0.2) is 0 Å². The Bertz CT molecular complexity index is 1330. The summed E-state index contributed by atoms with van der Waals surface area (Å²) in [6.07, 6.45) is 7.11. The monoisotopic (exact) mass is 448 g/mol. The van der Waals surface area contributed by atoms with Crippen LogP contribution in [0.5, 0.6) is 5.75 Å². The molecule has 168 valence electrons. The minimum Gasteiger partial charge on any atom is -0.489 e. The van der Waals surface area contributed by atoms with Crippen molar-refractivity contribution in [3.63, 3.8) is 0 Å². The van der Waals surface area contributed by atoms with Gasteiger partial charge in [0.05, 0.1) is 18.1 Å². The Morgan fingerprint density at radius 1 is 0.853 bits per heavy atom. The number of nitrogens with zero attached hydrogens (tertiary/aromatic N) is 2. The lowest BCUT2D eigenvalue weighted by Gasteiger charge is -2.37. The van der Waals surface area contributed by atoms with E-state index in [4.69, 9.17) is 4.74 Å². The minimum atomic E-state index is -0.215. The third kappa shape index (κ3) is 2.96. The number of imide groups is 1. The van der Waals surface area contributed by atoms with Crippen LogP contribution in [0, 0.1) is 35.5 Å². The average molecular weight is 449 g/mol. The number of carbonyl (C=O) groups excluding carboxylic acids is 2. The van der Waals surface area contributed by atoms with E-state index in [1.807, 2.05) is 42.5 Å². The van der Waals surface area contributed by atoms with Gasteiger partial charge in [0.2, 0.25) is 0 Å². The molecule has 3 aromatic rings. The molecule has 2 saturated carbocycles. The second-order valence-corrected chi connectivity index (χ2v) is 9.88. The number of rotatable bonds is 5. The van der Waals surface area contributed by atoms with Gasteiger partial charge in [-0.25, -0.2) is 0 Å².